The Balaban J connectivity index is 2.53. The van der Waals surface area contributed by atoms with Gasteiger partial charge < -0.3 is 9.84 Å². The van der Waals surface area contributed by atoms with E-state index in [4.69, 9.17) is 4.74 Å². The largest absolute Gasteiger partial charge is 0.460 e. The molecule has 0 amide bonds. The fourth-order valence-corrected chi connectivity index (χ4v) is 2.07. The van der Waals surface area contributed by atoms with E-state index < -0.39 is 17.6 Å². The maximum Gasteiger partial charge on any atom is 0.311 e. The molecule has 0 bridgehead atoms. The smallest absolute Gasteiger partial charge is 0.311 e. The van der Waals surface area contributed by atoms with Crippen LogP contribution in [-0.4, -0.2) is 22.8 Å². The summed E-state index contributed by atoms with van der Waals surface area (Å²) in [4.78, 5) is 11.8. The van der Waals surface area contributed by atoms with Gasteiger partial charge in [-0.15, -0.1) is 0 Å². The molecule has 0 saturated heterocycles. The van der Waals surface area contributed by atoms with Crippen molar-refractivity contribution in [2.75, 3.05) is 0 Å². The lowest BCUT2D eigenvalue weighted by atomic mass is 9.84. The number of aliphatic hydroxyl groups excluding tert-OH is 1. The van der Waals surface area contributed by atoms with Crippen LogP contribution in [0.25, 0.3) is 0 Å². The highest BCUT2D eigenvalue weighted by atomic mass is 16.6. The van der Waals surface area contributed by atoms with Gasteiger partial charge in [0.25, 0.3) is 0 Å². The molecule has 1 aliphatic carbocycles. The van der Waals surface area contributed by atoms with Gasteiger partial charge in [-0.05, 0) is 52.9 Å². The molecule has 0 radical (unpaired) electrons. The lowest BCUT2D eigenvalue weighted by Crippen LogP contribution is -2.37. The van der Waals surface area contributed by atoms with Crippen molar-refractivity contribution in [2.24, 2.45) is 11.8 Å². The van der Waals surface area contributed by atoms with E-state index in [1.54, 1.807) is 6.92 Å². The first-order chi connectivity index (χ1) is 7.81. The number of aliphatic hydroxyl groups is 1. The van der Waals surface area contributed by atoms with Crippen LogP contribution in [-0.2, 0) is 9.53 Å². The summed E-state index contributed by atoms with van der Waals surface area (Å²) in [6, 6.07) is 0. The summed E-state index contributed by atoms with van der Waals surface area (Å²) in [6.07, 6.45) is 6.40. The zero-order valence-electron chi connectivity index (χ0n) is 11.3. The van der Waals surface area contributed by atoms with Crippen molar-refractivity contribution in [3.63, 3.8) is 0 Å². The second kappa shape index (κ2) is 5.67. The molecular formula is C14H24O3. The third-order valence-corrected chi connectivity index (χ3v) is 3.08. The number of ether oxygens (including phenoxy) is 1. The van der Waals surface area contributed by atoms with Crippen LogP contribution in [0.3, 0.4) is 0 Å². The minimum atomic E-state index is -0.602. The summed E-state index contributed by atoms with van der Waals surface area (Å²) in [5.74, 6) is -0.576. The average molecular weight is 240 g/mol. The van der Waals surface area contributed by atoms with Crippen LogP contribution in [0.4, 0.5) is 0 Å². The highest BCUT2D eigenvalue weighted by Gasteiger charge is 2.32. The third-order valence-electron chi connectivity index (χ3n) is 3.08. The molecule has 3 atom stereocenters. The van der Waals surface area contributed by atoms with Crippen LogP contribution in [0, 0.1) is 11.8 Å². The van der Waals surface area contributed by atoms with E-state index in [9.17, 15) is 9.90 Å². The van der Waals surface area contributed by atoms with Gasteiger partial charge in [-0.1, -0.05) is 12.2 Å². The predicted octanol–water partition coefficient (Wildman–Crippen LogP) is 2.68. The molecule has 0 spiro atoms. The second-order valence-corrected chi connectivity index (χ2v) is 5.86. The summed E-state index contributed by atoms with van der Waals surface area (Å²) >= 11 is 0. The number of esters is 1. The molecule has 17 heavy (non-hydrogen) atoms. The maximum atomic E-state index is 11.8. The highest BCUT2D eigenvalue weighted by molar-refractivity contribution is 5.73. The molecule has 0 aromatic heterocycles. The van der Waals surface area contributed by atoms with E-state index in [1.165, 1.54) is 0 Å². The van der Waals surface area contributed by atoms with Crippen molar-refractivity contribution < 1.29 is 14.6 Å². The second-order valence-electron chi connectivity index (χ2n) is 5.86. The maximum absolute atomic E-state index is 11.8. The van der Waals surface area contributed by atoms with Crippen molar-refractivity contribution in [3.8, 4) is 0 Å². The van der Waals surface area contributed by atoms with E-state index in [1.807, 2.05) is 20.8 Å². The van der Waals surface area contributed by atoms with Crippen LogP contribution >= 0.6 is 0 Å². The number of hydrogen-bond acceptors (Lipinski definition) is 3. The fraction of sp³-hybridized carbons (Fsp3) is 0.786. The van der Waals surface area contributed by atoms with E-state index in [2.05, 4.69) is 12.2 Å². The first-order valence-electron chi connectivity index (χ1n) is 6.37. The van der Waals surface area contributed by atoms with Crippen LogP contribution in [0.5, 0.6) is 0 Å². The van der Waals surface area contributed by atoms with Gasteiger partial charge in [-0.2, -0.15) is 0 Å². The number of carbonyl (C=O) groups is 1. The van der Waals surface area contributed by atoms with Gasteiger partial charge in [0.1, 0.15) is 5.60 Å². The Morgan fingerprint density at radius 2 is 2.06 bits per heavy atom. The lowest BCUT2D eigenvalue weighted by molar-refractivity contribution is -0.164. The molecule has 0 aromatic carbocycles. The van der Waals surface area contributed by atoms with Crippen molar-refractivity contribution in [1.82, 2.24) is 0 Å². The molecule has 98 valence electrons. The third kappa shape index (κ3) is 4.50. The Kier molecular flexibility index (Phi) is 4.75. The van der Waals surface area contributed by atoms with Crippen LogP contribution < -0.4 is 0 Å². The molecule has 0 saturated carbocycles. The standard InChI is InChI=1S/C14H24O3/c1-10(13(16)17-14(2,3)4)12(15)11-8-6-5-7-9-11/h5-6,10-12,15H,7-9H2,1-4H3. The van der Waals surface area contributed by atoms with E-state index >= 15 is 0 Å². The van der Waals surface area contributed by atoms with Gasteiger partial charge in [0, 0.05) is 0 Å². The Labute approximate surface area is 104 Å². The Bertz CT molecular complexity index is 288. The van der Waals surface area contributed by atoms with E-state index in [0.717, 1.165) is 19.3 Å². The average Bonchev–Trinajstić information content (AvgIpc) is 2.26. The normalized spacial score (nSPS) is 24.2. The first-order valence-corrected chi connectivity index (χ1v) is 6.37. The predicted molar refractivity (Wildman–Crippen MR) is 67.5 cm³/mol. The molecule has 0 fully saturated rings. The van der Waals surface area contributed by atoms with Crippen LogP contribution in [0.2, 0.25) is 0 Å². The summed E-state index contributed by atoms with van der Waals surface area (Å²) in [5, 5.41) is 10.2. The van der Waals surface area contributed by atoms with E-state index in [-0.39, 0.29) is 11.9 Å². The Hall–Kier alpha value is -0.830. The highest BCUT2D eigenvalue weighted by Crippen LogP contribution is 2.27. The molecule has 3 nitrogen and oxygen atoms in total. The van der Waals surface area contributed by atoms with Crippen LogP contribution in [0.15, 0.2) is 12.2 Å². The summed E-state index contributed by atoms with van der Waals surface area (Å²) in [6.45, 7) is 7.27. The van der Waals surface area contributed by atoms with Gasteiger partial charge in [0.05, 0.1) is 12.0 Å². The number of hydrogen-bond donors (Lipinski definition) is 1. The fourth-order valence-electron chi connectivity index (χ4n) is 2.07. The quantitative estimate of drug-likeness (QED) is 0.609. The number of rotatable bonds is 3. The summed E-state index contributed by atoms with van der Waals surface area (Å²) in [7, 11) is 0. The SMILES string of the molecule is CC(C(=O)OC(C)(C)C)C(O)C1CC=CCC1. The zero-order chi connectivity index (χ0) is 13.1. The minimum Gasteiger partial charge on any atom is -0.460 e. The summed E-state index contributed by atoms with van der Waals surface area (Å²) in [5.41, 5.74) is -0.489. The topological polar surface area (TPSA) is 46.5 Å². The van der Waals surface area contributed by atoms with Gasteiger partial charge in [0.2, 0.25) is 0 Å². The van der Waals surface area contributed by atoms with Gasteiger partial charge in [-0.3, -0.25) is 4.79 Å². The number of allylic oxidation sites excluding steroid dienone is 2. The van der Waals surface area contributed by atoms with Crippen LogP contribution in [0.1, 0.15) is 47.0 Å². The van der Waals surface area contributed by atoms with Crippen molar-refractivity contribution in [1.29, 1.82) is 0 Å². The van der Waals surface area contributed by atoms with Gasteiger partial charge in [0.15, 0.2) is 0 Å². The number of carbonyl (C=O) groups excluding carboxylic acids is 1. The molecular weight excluding hydrogens is 216 g/mol. The first kappa shape index (κ1) is 14.2. The molecule has 1 aliphatic rings. The minimum absolute atomic E-state index is 0.183. The van der Waals surface area contributed by atoms with Crippen molar-refractivity contribution in [2.45, 2.75) is 58.7 Å². The summed E-state index contributed by atoms with van der Waals surface area (Å²) < 4.78 is 5.29. The molecule has 3 unspecified atom stereocenters. The Morgan fingerprint density at radius 1 is 1.41 bits per heavy atom. The lowest BCUT2D eigenvalue weighted by Gasteiger charge is -2.29. The molecule has 0 aromatic rings. The molecule has 1 N–H and O–H groups in total. The molecule has 1 rings (SSSR count). The van der Waals surface area contributed by atoms with Crippen molar-refractivity contribution >= 4 is 5.97 Å². The Morgan fingerprint density at radius 3 is 2.53 bits per heavy atom. The van der Waals surface area contributed by atoms with Gasteiger partial charge >= 0.3 is 5.97 Å². The monoisotopic (exact) mass is 240 g/mol. The molecule has 0 aliphatic heterocycles. The zero-order valence-corrected chi connectivity index (χ0v) is 11.3. The van der Waals surface area contributed by atoms with Gasteiger partial charge in [-0.25, -0.2) is 0 Å². The van der Waals surface area contributed by atoms with E-state index in [0.29, 0.717) is 0 Å². The van der Waals surface area contributed by atoms with Crippen molar-refractivity contribution in [3.05, 3.63) is 12.2 Å². The molecule has 0 heterocycles. The molecule has 3 heteroatoms.